The standard InChI is InChI=1S/C18H24IN5O/c1-12-8-17(22-19)16-9-14(4-5-18(16)24(12)13(2)25)15-10-21-23(11-15)7-6-20-3/h4-5,9-12,17,20,22H,6-8H2,1-3H3/t12-,17+/m0/s1. The number of carbonyl (C=O) groups is 1. The summed E-state index contributed by atoms with van der Waals surface area (Å²) in [5.74, 6) is 0.0910. The van der Waals surface area contributed by atoms with Crippen LogP contribution in [0, 0.1) is 0 Å². The predicted molar refractivity (Wildman–Crippen MR) is 109 cm³/mol. The van der Waals surface area contributed by atoms with E-state index in [9.17, 15) is 4.79 Å². The molecule has 0 saturated heterocycles. The van der Waals surface area contributed by atoms with Gasteiger partial charge in [-0.2, -0.15) is 5.10 Å². The van der Waals surface area contributed by atoms with Crippen molar-refractivity contribution in [1.82, 2.24) is 18.6 Å². The third-order valence-electron chi connectivity index (χ3n) is 4.71. The van der Waals surface area contributed by atoms with E-state index in [1.54, 1.807) is 6.92 Å². The number of hydrogen-bond acceptors (Lipinski definition) is 4. The van der Waals surface area contributed by atoms with Crippen LogP contribution in [0.25, 0.3) is 11.1 Å². The number of carbonyl (C=O) groups excluding carboxylic acids is 1. The van der Waals surface area contributed by atoms with Crippen molar-refractivity contribution in [3.63, 3.8) is 0 Å². The Morgan fingerprint density at radius 2 is 2.20 bits per heavy atom. The second kappa shape index (κ2) is 7.84. The van der Waals surface area contributed by atoms with Gasteiger partial charge in [0.2, 0.25) is 5.91 Å². The minimum Gasteiger partial charge on any atom is -0.318 e. The van der Waals surface area contributed by atoms with Crippen LogP contribution in [0.3, 0.4) is 0 Å². The van der Waals surface area contributed by atoms with Gasteiger partial charge in [0.25, 0.3) is 0 Å². The number of aromatic nitrogens is 2. The molecule has 25 heavy (non-hydrogen) atoms. The van der Waals surface area contributed by atoms with Crippen LogP contribution in [0.4, 0.5) is 5.69 Å². The van der Waals surface area contributed by atoms with Gasteiger partial charge in [-0.3, -0.25) is 13.0 Å². The van der Waals surface area contributed by atoms with Gasteiger partial charge in [-0.05, 0) is 43.7 Å². The average molecular weight is 453 g/mol. The van der Waals surface area contributed by atoms with Crippen molar-refractivity contribution in [2.45, 2.75) is 38.9 Å². The van der Waals surface area contributed by atoms with E-state index in [0.29, 0.717) is 0 Å². The first-order valence-corrected chi connectivity index (χ1v) is 9.60. The molecule has 0 unspecified atom stereocenters. The summed E-state index contributed by atoms with van der Waals surface area (Å²) in [6, 6.07) is 6.75. The third kappa shape index (κ3) is 3.73. The molecule has 0 bridgehead atoms. The Morgan fingerprint density at radius 1 is 1.40 bits per heavy atom. The maximum atomic E-state index is 12.1. The number of halogens is 1. The lowest BCUT2D eigenvalue weighted by Crippen LogP contribution is -2.43. The molecule has 2 heterocycles. The molecule has 7 heteroatoms. The van der Waals surface area contributed by atoms with Crippen LogP contribution in [-0.2, 0) is 11.3 Å². The van der Waals surface area contributed by atoms with Gasteiger partial charge in [-0.25, -0.2) is 0 Å². The molecule has 1 aromatic carbocycles. The Bertz CT molecular complexity index is 760. The third-order valence-corrected chi connectivity index (χ3v) is 5.46. The average Bonchev–Trinajstić information content (AvgIpc) is 3.07. The molecule has 2 aromatic rings. The number of hydrogen-bond donors (Lipinski definition) is 2. The number of rotatable bonds is 5. The zero-order valence-electron chi connectivity index (χ0n) is 14.8. The van der Waals surface area contributed by atoms with E-state index >= 15 is 0 Å². The van der Waals surface area contributed by atoms with Crippen molar-refractivity contribution in [3.8, 4) is 11.1 Å². The second-order valence-electron chi connectivity index (χ2n) is 6.50. The molecule has 1 amide bonds. The van der Waals surface area contributed by atoms with E-state index in [1.807, 2.05) is 22.8 Å². The molecule has 0 saturated carbocycles. The minimum absolute atomic E-state index is 0.0910. The molecule has 6 nitrogen and oxygen atoms in total. The summed E-state index contributed by atoms with van der Waals surface area (Å²) < 4.78 is 5.31. The zero-order chi connectivity index (χ0) is 18.0. The fourth-order valence-corrected chi connectivity index (χ4v) is 4.08. The topological polar surface area (TPSA) is 62.2 Å². The largest absolute Gasteiger partial charge is 0.318 e. The van der Waals surface area contributed by atoms with Crippen molar-refractivity contribution in [1.29, 1.82) is 0 Å². The van der Waals surface area contributed by atoms with E-state index in [2.05, 4.69) is 68.1 Å². The molecule has 1 aromatic heterocycles. The Labute approximate surface area is 162 Å². The lowest BCUT2D eigenvalue weighted by Gasteiger charge is -2.38. The van der Waals surface area contributed by atoms with E-state index in [-0.39, 0.29) is 18.0 Å². The van der Waals surface area contributed by atoms with Gasteiger partial charge in [0.1, 0.15) is 0 Å². The summed E-state index contributed by atoms with van der Waals surface area (Å²) in [6.45, 7) is 5.47. The van der Waals surface area contributed by atoms with Gasteiger partial charge < -0.3 is 10.2 Å². The number of nitrogens with one attached hydrogen (secondary N) is 2. The molecule has 0 spiro atoms. The summed E-state index contributed by atoms with van der Waals surface area (Å²) in [7, 11) is 1.94. The summed E-state index contributed by atoms with van der Waals surface area (Å²) >= 11 is 2.21. The lowest BCUT2D eigenvalue weighted by atomic mass is 9.90. The predicted octanol–water partition coefficient (Wildman–Crippen LogP) is 2.90. The van der Waals surface area contributed by atoms with E-state index in [4.69, 9.17) is 0 Å². The molecule has 0 fully saturated rings. The summed E-state index contributed by atoms with van der Waals surface area (Å²) in [5, 5.41) is 7.56. The summed E-state index contributed by atoms with van der Waals surface area (Å²) in [6.07, 6.45) is 4.87. The monoisotopic (exact) mass is 453 g/mol. The van der Waals surface area contributed by atoms with Crippen LogP contribution in [0.15, 0.2) is 30.6 Å². The first-order valence-electron chi connectivity index (χ1n) is 8.52. The van der Waals surface area contributed by atoms with Crippen LogP contribution < -0.4 is 13.7 Å². The van der Waals surface area contributed by atoms with Crippen molar-refractivity contribution in [3.05, 3.63) is 36.2 Å². The Balaban J connectivity index is 1.97. The fourth-order valence-electron chi connectivity index (χ4n) is 3.49. The van der Waals surface area contributed by atoms with Crippen molar-refractivity contribution in [2.24, 2.45) is 0 Å². The number of amides is 1. The Hall–Kier alpha value is -1.45. The quantitative estimate of drug-likeness (QED) is 0.540. The molecule has 2 atom stereocenters. The highest BCUT2D eigenvalue weighted by Gasteiger charge is 2.32. The maximum Gasteiger partial charge on any atom is 0.224 e. The maximum absolute atomic E-state index is 12.1. The number of anilines is 1. The minimum atomic E-state index is 0.0910. The molecule has 2 N–H and O–H groups in total. The van der Waals surface area contributed by atoms with E-state index < -0.39 is 0 Å². The van der Waals surface area contributed by atoms with Gasteiger partial charge in [0.05, 0.1) is 12.7 Å². The highest BCUT2D eigenvalue weighted by atomic mass is 127. The van der Waals surface area contributed by atoms with Crippen LogP contribution in [0.1, 0.15) is 31.9 Å². The van der Waals surface area contributed by atoms with E-state index in [0.717, 1.165) is 36.3 Å². The van der Waals surface area contributed by atoms with Gasteiger partial charge in [0, 0.05) is 65.9 Å². The van der Waals surface area contributed by atoms with Gasteiger partial charge in [0.15, 0.2) is 0 Å². The first-order chi connectivity index (χ1) is 12.0. The lowest BCUT2D eigenvalue weighted by molar-refractivity contribution is -0.117. The van der Waals surface area contributed by atoms with Crippen LogP contribution >= 0.6 is 22.9 Å². The van der Waals surface area contributed by atoms with Crippen LogP contribution in [0.2, 0.25) is 0 Å². The molecular formula is C18H24IN5O. The summed E-state index contributed by atoms with van der Waals surface area (Å²) in [5.41, 5.74) is 4.40. The highest BCUT2D eigenvalue weighted by molar-refractivity contribution is 14.1. The number of likely N-dealkylation sites (N-methyl/N-ethyl adjacent to an activating group) is 1. The normalized spacial score (nSPS) is 19.8. The molecule has 0 aliphatic carbocycles. The van der Waals surface area contributed by atoms with Crippen LogP contribution in [0.5, 0.6) is 0 Å². The zero-order valence-corrected chi connectivity index (χ0v) is 16.9. The van der Waals surface area contributed by atoms with Crippen LogP contribution in [-0.4, -0.2) is 35.3 Å². The molecule has 0 radical (unpaired) electrons. The van der Waals surface area contributed by atoms with Gasteiger partial charge in [-0.15, -0.1) is 0 Å². The second-order valence-corrected chi connectivity index (χ2v) is 7.13. The Morgan fingerprint density at radius 3 is 2.88 bits per heavy atom. The molecule has 134 valence electrons. The number of nitrogens with zero attached hydrogens (tertiary/aromatic N) is 3. The molecule has 1 aliphatic heterocycles. The Kier molecular flexibility index (Phi) is 5.75. The van der Waals surface area contributed by atoms with Crippen molar-refractivity contribution < 1.29 is 4.79 Å². The summed E-state index contributed by atoms with van der Waals surface area (Å²) in [4.78, 5) is 14.0. The SMILES string of the molecule is CNCCn1cc(-c2ccc3c(c2)[C@H](NI)C[C@H](C)N3C(C)=O)cn1. The highest BCUT2D eigenvalue weighted by Crippen LogP contribution is 2.39. The van der Waals surface area contributed by atoms with Gasteiger partial charge in [-0.1, -0.05) is 6.07 Å². The van der Waals surface area contributed by atoms with Gasteiger partial charge >= 0.3 is 0 Å². The fraction of sp³-hybridized carbons (Fsp3) is 0.444. The smallest absolute Gasteiger partial charge is 0.224 e. The molecule has 1 aliphatic rings. The van der Waals surface area contributed by atoms with E-state index in [1.165, 1.54) is 5.56 Å². The van der Waals surface area contributed by atoms with Crippen molar-refractivity contribution >= 4 is 34.5 Å². The van der Waals surface area contributed by atoms with Crippen molar-refractivity contribution in [2.75, 3.05) is 18.5 Å². The molecule has 3 rings (SSSR count). The number of fused-ring (bicyclic) bond motifs is 1. The molecular weight excluding hydrogens is 429 g/mol. The first kappa shape index (κ1) is 18.3. The number of benzene rings is 1.